The molecule has 0 N–H and O–H groups in total. The van der Waals surface area contributed by atoms with Crippen LogP contribution < -0.4 is 10.4 Å². The minimum Gasteiger partial charge on any atom is -0.298 e. The highest BCUT2D eigenvalue weighted by atomic mass is 16.1. The van der Waals surface area contributed by atoms with Gasteiger partial charge in [0.25, 0.3) is 0 Å². The topological polar surface area (TPSA) is 57.9 Å². The summed E-state index contributed by atoms with van der Waals surface area (Å²) in [6.45, 7) is 0. The number of terminal acetylenes is 1. The number of fused-ring (bicyclic) bond motifs is 1. The summed E-state index contributed by atoms with van der Waals surface area (Å²) in [5.74, 6) is 2.30. The van der Waals surface area contributed by atoms with E-state index in [1.807, 2.05) is 6.07 Å². The maximum Gasteiger partial charge on any atom is 0.150 e. The van der Waals surface area contributed by atoms with Gasteiger partial charge in [0.2, 0.25) is 0 Å². The Morgan fingerprint density at radius 2 is 1.61 bits per heavy atom. The van der Waals surface area contributed by atoms with E-state index in [1.165, 1.54) is 0 Å². The van der Waals surface area contributed by atoms with E-state index >= 15 is 0 Å². The summed E-state index contributed by atoms with van der Waals surface area (Å²) in [6, 6.07) is 5.15. The van der Waals surface area contributed by atoms with Gasteiger partial charge in [0.1, 0.15) is 11.6 Å². The van der Waals surface area contributed by atoms with Gasteiger partial charge in [-0.2, -0.15) is 5.26 Å². The third kappa shape index (κ3) is 1.75. The second kappa shape index (κ2) is 4.53. The second-order valence-electron chi connectivity index (χ2n) is 3.72. The molecule has 0 spiro atoms. The zero-order valence-electron chi connectivity index (χ0n) is 9.31. The van der Waals surface area contributed by atoms with Crippen molar-refractivity contribution in [2.75, 3.05) is 0 Å². The molecule has 0 atom stereocenters. The molecule has 0 saturated heterocycles. The van der Waals surface area contributed by atoms with Gasteiger partial charge in [-0.1, -0.05) is 5.92 Å². The van der Waals surface area contributed by atoms with Crippen LogP contribution in [-0.4, -0.2) is 12.6 Å². The molecule has 0 heterocycles. The van der Waals surface area contributed by atoms with Gasteiger partial charge in [-0.25, -0.2) is 0 Å². The van der Waals surface area contributed by atoms with Crippen LogP contribution in [-0.2, 0) is 0 Å². The lowest BCUT2D eigenvalue weighted by molar-refractivity contribution is 0.109. The molecule has 1 aliphatic rings. The summed E-state index contributed by atoms with van der Waals surface area (Å²) in [5, 5.41) is 10.4. The standard InChI is InChI=1S/C15H7NO2/c1-2-10(7-16)11-3-12-5-14(8-17)15(9-18)6-13(12)4-11/h1,3-6,8-9H. The van der Waals surface area contributed by atoms with Gasteiger partial charge in [0.05, 0.1) is 0 Å². The monoisotopic (exact) mass is 233 g/mol. The van der Waals surface area contributed by atoms with Crippen LogP contribution in [0.2, 0.25) is 0 Å². The molecule has 0 aromatic heterocycles. The maximum atomic E-state index is 10.8. The van der Waals surface area contributed by atoms with Gasteiger partial charge in [0.15, 0.2) is 12.6 Å². The van der Waals surface area contributed by atoms with Crippen molar-refractivity contribution in [3.8, 4) is 18.4 Å². The Hall–Kier alpha value is -2.91. The van der Waals surface area contributed by atoms with Crippen LogP contribution in [0.5, 0.6) is 0 Å². The lowest BCUT2D eigenvalue weighted by Gasteiger charge is -1.94. The molecule has 3 heteroatoms. The summed E-state index contributed by atoms with van der Waals surface area (Å²) < 4.78 is 0. The average molecular weight is 233 g/mol. The number of carbonyl (C=O) groups excluding carboxylic acids is 2. The van der Waals surface area contributed by atoms with Crippen LogP contribution in [0.4, 0.5) is 0 Å². The molecule has 3 nitrogen and oxygen atoms in total. The molecule has 0 saturated carbocycles. The molecule has 2 rings (SSSR count). The van der Waals surface area contributed by atoms with Crippen LogP contribution in [0.15, 0.2) is 23.3 Å². The average Bonchev–Trinajstić information content (AvgIpc) is 2.80. The fourth-order valence-corrected chi connectivity index (χ4v) is 1.82. The second-order valence-corrected chi connectivity index (χ2v) is 3.72. The maximum absolute atomic E-state index is 10.8. The molecule has 1 aromatic carbocycles. The lowest BCUT2D eigenvalue weighted by Crippen LogP contribution is -2.23. The first-order valence-electron chi connectivity index (χ1n) is 5.12. The minimum atomic E-state index is 0.228. The van der Waals surface area contributed by atoms with Crippen molar-refractivity contribution in [3.63, 3.8) is 0 Å². The van der Waals surface area contributed by atoms with Crippen LogP contribution in [0.25, 0.3) is 12.2 Å². The fraction of sp³-hybridized carbons (Fsp3) is 0. The molecule has 18 heavy (non-hydrogen) atoms. The molecule has 0 aliphatic heterocycles. The molecule has 1 aromatic rings. The summed E-state index contributed by atoms with van der Waals surface area (Å²) >= 11 is 0. The first-order chi connectivity index (χ1) is 8.73. The van der Waals surface area contributed by atoms with E-state index in [9.17, 15) is 9.59 Å². The number of hydrogen-bond acceptors (Lipinski definition) is 3. The van der Waals surface area contributed by atoms with E-state index in [-0.39, 0.29) is 5.57 Å². The Morgan fingerprint density at radius 1 is 1.11 bits per heavy atom. The minimum absolute atomic E-state index is 0.228. The van der Waals surface area contributed by atoms with E-state index < -0.39 is 0 Å². The Kier molecular flexibility index (Phi) is 2.91. The zero-order valence-corrected chi connectivity index (χ0v) is 9.31. The summed E-state index contributed by atoms with van der Waals surface area (Å²) in [7, 11) is 0. The highest BCUT2D eigenvalue weighted by Gasteiger charge is 2.08. The summed E-state index contributed by atoms with van der Waals surface area (Å²) in [4.78, 5) is 21.7. The van der Waals surface area contributed by atoms with Gasteiger partial charge in [-0.15, -0.1) is 6.42 Å². The molecule has 0 unspecified atom stereocenters. The third-order valence-electron chi connectivity index (χ3n) is 2.71. The highest BCUT2D eigenvalue weighted by molar-refractivity contribution is 5.91. The number of nitriles is 1. The fourth-order valence-electron chi connectivity index (χ4n) is 1.82. The Balaban J connectivity index is 2.79. The first kappa shape index (κ1) is 11.6. The predicted molar refractivity (Wildman–Crippen MR) is 66.9 cm³/mol. The van der Waals surface area contributed by atoms with Crippen LogP contribution in [0, 0.1) is 23.7 Å². The molecular weight excluding hydrogens is 226 g/mol. The summed E-state index contributed by atoms with van der Waals surface area (Å²) in [6.07, 6.45) is 9.95. The van der Waals surface area contributed by atoms with E-state index in [2.05, 4.69) is 5.92 Å². The van der Waals surface area contributed by atoms with Crippen molar-refractivity contribution < 1.29 is 9.59 Å². The van der Waals surface area contributed by atoms with E-state index in [1.54, 1.807) is 24.3 Å². The van der Waals surface area contributed by atoms with Crippen molar-refractivity contribution in [1.29, 1.82) is 5.26 Å². The number of benzene rings is 1. The molecular formula is C15H7NO2. The molecule has 0 radical (unpaired) electrons. The van der Waals surface area contributed by atoms with Crippen LogP contribution in [0.1, 0.15) is 20.7 Å². The number of allylic oxidation sites excluding steroid dienone is 2. The number of rotatable bonds is 2. The third-order valence-corrected chi connectivity index (χ3v) is 2.71. The van der Waals surface area contributed by atoms with Crippen molar-refractivity contribution in [1.82, 2.24) is 0 Å². The van der Waals surface area contributed by atoms with Gasteiger partial charge < -0.3 is 0 Å². The number of aldehydes is 2. The highest BCUT2D eigenvalue weighted by Crippen LogP contribution is 2.10. The normalized spacial score (nSPS) is 11.3. The number of nitrogens with zero attached hydrogens (tertiary/aromatic N) is 1. The molecule has 1 aliphatic carbocycles. The Morgan fingerprint density at radius 3 is 1.94 bits per heavy atom. The van der Waals surface area contributed by atoms with Crippen molar-refractivity contribution in [3.05, 3.63) is 44.8 Å². The predicted octanol–water partition coefficient (Wildman–Crippen LogP) is 0.340. The van der Waals surface area contributed by atoms with E-state index in [0.717, 1.165) is 10.4 Å². The van der Waals surface area contributed by atoms with Crippen molar-refractivity contribution in [2.45, 2.75) is 0 Å². The molecule has 0 amide bonds. The quantitative estimate of drug-likeness (QED) is 0.420. The lowest BCUT2D eigenvalue weighted by atomic mass is 10.1. The van der Waals surface area contributed by atoms with E-state index in [0.29, 0.717) is 29.3 Å². The molecule has 0 bridgehead atoms. The Bertz CT molecular complexity index is 718. The van der Waals surface area contributed by atoms with Gasteiger partial charge in [0, 0.05) is 16.7 Å². The summed E-state index contributed by atoms with van der Waals surface area (Å²) in [5.41, 5.74) is 1.50. The van der Waals surface area contributed by atoms with Crippen molar-refractivity contribution in [2.24, 2.45) is 0 Å². The smallest absolute Gasteiger partial charge is 0.150 e. The van der Waals surface area contributed by atoms with Gasteiger partial charge in [-0.3, -0.25) is 9.59 Å². The van der Waals surface area contributed by atoms with Crippen LogP contribution >= 0.6 is 0 Å². The largest absolute Gasteiger partial charge is 0.298 e. The van der Waals surface area contributed by atoms with Gasteiger partial charge in [-0.05, 0) is 34.7 Å². The molecule has 84 valence electrons. The van der Waals surface area contributed by atoms with Gasteiger partial charge >= 0.3 is 0 Å². The molecule has 0 fully saturated rings. The number of carbonyl (C=O) groups is 2. The van der Waals surface area contributed by atoms with Crippen LogP contribution in [0.3, 0.4) is 0 Å². The SMILES string of the molecule is C#CC(C#N)=C1C=c2cc(C=O)c(C=O)cc2=C1. The zero-order chi connectivity index (χ0) is 13.1. The van der Waals surface area contributed by atoms with Crippen molar-refractivity contribution >= 4 is 24.7 Å². The number of hydrogen-bond donors (Lipinski definition) is 0. The van der Waals surface area contributed by atoms with E-state index in [4.69, 9.17) is 11.7 Å². The Labute approximate surface area is 103 Å². The first-order valence-corrected chi connectivity index (χ1v) is 5.12.